The third-order valence-electron chi connectivity index (χ3n) is 2.79. The number of ether oxygens (including phenoxy) is 1. The molecule has 1 aromatic carbocycles. The fourth-order valence-electron chi connectivity index (χ4n) is 1.78. The van der Waals surface area contributed by atoms with Crippen LogP contribution in [0.4, 0.5) is 0 Å². The minimum absolute atomic E-state index is 0.0861. The van der Waals surface area contributed by atoms with Crippen molar-refractivity contribution in [3.05, 3.63) is 58.9 Å². The number of methoxy groups -OCH3 is 1. The number of carbonyl (C=O) groups is 1. The fraction of sp³-hybridized carbons (Fsp3) is 0.200. The molecule has 0 unspecified atom stereocenters. The maximum atomic E-state index is 12.3. The Balaban J connectivity index is 2.40. The number of ketones is 1. The zero-order valence-electron chi connectivity index (χ0n) is 10.7. The average molecular weight is 241 g/mol. The molecule has 3 nitrogen and oxygen atoms in total. The van der Waals surface area contributed by atoms with Crippen LogP contribution < -0.4 is 4.74 Å². The third-order valence-corrected chi connectivity index (χ3v) is 2.79. The Kier molecular flexibility index (Phi) is 3.42. The lowest BCUT2D eigenvalue weighted by Crippen LogP contribution is -2.05. The smallest absolute Gasteiger partial charge is 0.211 e. The normalized spacial score (nSPS) is 10.2. The molecule has 3 heteroatoms. The Morgan fingerprint density at radius 3 is 2.61 bits per heavy atom. The summed E-state index contributed by atoms with van der Waals surface area (Å²) in [6.45, 7) is 3.81. The molecule has 0 saturated carbocycles. The van der Waals surface area contributed by atoms with E-state index in [1.165, 1.54) is 0 Å². The number of aryl methyl sites for hydroxylation is 2. The monoisotopic (exact) mass is 241 g/mol. The summed E-state index contributed by atoms with van der Waals surface area (Å²) in [4.78, 5) is 16.5. The molecule has 2 rings (SSSR count). The van der Waals surface area contributed by atoms with Gasteiger partial charge in [0.1, 0.15) is 11.4 Å². The van der Waals surface area contributed by atoms with Gasteiger partial charge in [0.25, 0.3) is 0 Å². The van der Waals surface area contributed by atoms with Crippen molar-refractivity contribution in [3.8, 4) is 5.75 Å². The maximum Gasteiger partial charge on any atom is 0.211 e. The van der Waals surface area contributed by atoms with Gasteiger partial charge in [0, 0.05) is 11.3 Å². The van der Waals surface area contributed by atoms with E-state index in [2.05, 4.69) is 4.98 Å². The van der Waals surface area contributed by atoms with Crippen LogP contribution in [0.1, 0.15) is 27.3 Å². The van der Waals surface area contributed by atoms with Gasteiger partial charge in [0.2, 0.25) is 5.78 Å². The summed E-state index contributed by atoms with van der Waals surface area (Å²) >= 11 is 0. The van der Waals surface area contributed by atoms with Crippen molar-refractivity contribution in [3.63, 3.8) is 0 Å². The number of nitrogens with zero attached hydrogens (tertiary/aromatic N) is 1. The number of aromatic nitrogens is 1. The van der Waals surface area contributed by atoms with Crippen molar-refractivity contribution < 1.29 is 9.53 Å². The SMILES string of the molecule is COc1cc(C(=O)c2cccc(C)n2)ccc1C. The second-order valence-corrected chi connectivity index (χ2v) is 4.18. The molecule has 2 aromatic rings. The van der Waals surface area contributed by atoms with Crippen LogP contribution in [0.3, 0.4) is 0 Å². The minimum Gasteiger partial charge on any atom is -0.496 e. The van der Waals surface area contributed by atoms with E-state index in [-0.39, 0.29) is 5.78 Å². The molecule has 0 bridgehead atoms. The summed E-state index contributed by atoms with van der Waals surface area (Å²) in [5.41, 5.74) is 2.89. The van der Waals surface area contributed by atoms with Crippen molar-refractivity contribution in [2.24, 2.45) is 0 Å². The van der Waals surface area contributed by atoms with E-state index in [0.29, 0.717) is 17.0 Å². The van der Waals surface area contributed by atoms with E-state index in [9.17, 15) is 4.79 Å². The number of hydrogen-bond acceptors (Lipinski definition) is 3. The van der Waals surface area contributed by atoms with Crippen LogP contribution in [0.15, 0.2) is 36.4 Å². The molecule has 1 aromatic heterocycles. The molecule has 0 aliphatic rings. The van der Waals surface area contributed by atoms with Crippen molar-refractivity contribution in [1.82, 2.24) is 4.98 Å². The zero-order valence-corrected chi connectivity index (χ0v) is 10.7. The molecule has 0 amide bonds. The van der Waals surface area contributed by atoms with Crippen LogP contribution in [-0.4, -0.2) is 17.9 Å². The Labute approximate surface area is 106 Å². The Morgan fingerprint density at radius 1 is 1.17 bits per heavy atom. The highest BCUT2D eigenvalue weighted by atomic mass is 16.5. The molecule has 0 aliphatic heterocycles. The second kappa shape index (κ2) is 5.00. The van der Waals surface area contributed by atoms with E-state index in [4.69, 9.17) is 4.74 Å². The summed E-state index contributed by atoms with van der Waals surface area (Å²) < 4.78 is 5.22. The lowest BCUT2D eigenvalue weighted by atomic mass is 10.0. The van der Waals surface area contributed by atoms with Gasteiger partial charge in [-0.05, 0) is 37.6 Å². The topological polar surface area (TPSA) is 39.2 Å². The standard InChI is InChI=1S/C15H15NO2/c1-10-7-8-12(9-14(10)18-3)15(17)13-6-4-5-11(2)16-13/h4-9H,1-3H3. The summed E-state index contributed by atoms with van der Waals surface area (Å²) in [5, 5.41) is 0. The second-order valence-electron chi connectivity index (χ2n) is 4.18. The Hall–Kier alpha value is -2.16. The minimum atomic E-state index is -0.0861. The first-order valence-corrected chi connectivity index (χ1v) is 5.75. The van der Waals surface area contributed by atoms with Crippen molar-refractivity contribution in [2.75, 3.05) is 7.11 Å². The van der Waals surface area contributed by atoms with Gasteiger partial charge in [-0.2, -0.15) is 0 Å². The number of hydrogen-bond donors (Lipinski definition) is 0. The van der Waals surface area contributed by atoms with E-state index < -0.39 is 0 Å². The van der Waals surface area contributed by atoms with Crippen LogP contribution in [0.25, 0.3) is 0 Å². The van der Waals surface area contributed by atoms with Crippen LogP contribution in [0.2, 0.25) is 0 Å². The Bertz CT molecular complexity index is 591. The first-order valence-electron chi connectivity index (χ1n) is 5.75. The summed E-state index contributed by atoms with van der Waals surface area (Å²) in [6, 6.07) is 10.9. The molecule has 18 heavy (non-hydrogen) atoms. The predicted molar refractivity (Wildman–Crippen MR) is 70.1 cm³/mol. The largest absolute Gasteiger partial charge is 0.496 e. The Morgan fingerprint density at radius 2 is 1.94 bits per heavy atom. The molecule has 0 N–H and O–H groups in total. The van der Waals surface area contributed by atoms with Gasteiger partial charge >= 0.3 is 0 Å². The van der Waals surface area contributed by atoms with Crippen LogP contribution in [0.5, 0.6) is 5.75 Å². The van der Waals surface area contributed by atoms with Crippen LogP contribution >= 0.6 is 0 Å². The fourth-order valence-corrected chi connectivity index (χ4v) is 1.78. The van der Waals surface area contributed by atoms with E-state index in [1.54, 1.807) is 25.3 Å². The molecule has 0 fully saturated rings. The van der Waals surface area contributed by atoms with Gasteiger partial charge in [0.05, 0.1) is 7.11 Å². The predicted octanol–water partition coefficient (Wildman–Crippen LogP) is 2.94. The van der Waals surface area contributed by atoms with Gasteiger partial charge in [-0.25, -0.2) is 4.98 Å². The molecular formula is C15H15NO2. The molecule has 0 radical (unpaired) electrons. The molecule has 1 heterocycles. The van der Waals surface area contributed by atoms with E-state index >= 15 is 0 Å². The lowest BCUT2D eigenvalue weighted by Gasteiger charge is -2.07. The van der Waals surface area contributed by atoms with Crippen molar-refractivity contribution >= 4 is 5.78 Å². The molecule has 0 aliphatic carbocycles. The quantitative estimate of drug-likeness (QED) is 0.775. The zero-order chi connectivity index (χ0) is 13.1. The number of carbonyl (C=O) groups excluding carboxylic acids is 1. The molecule has 0 atom stereocenters. The highest BCUT2D eigenvalue weighted by Gasteiger charge is 2.12. The first kappa shape index (κ1) is 12.3. The third kappa shape index (κ3) is 2.40. The summed E-state index contributed by atoms with van der Waals surface area (Å²) in [7, 11) is 1.60. The van der Waals surface area contributed by atoms with Gasteiger partial charge in [-0.3, -0.25) is 4.79 Å². The number of benzene rings is 1. The number of pyridine rings is 1. The molecule has 0 spiro atoms. The van der Waals surface area contributed by atoms with Crippen LogP contribution in [0, 0.1) is 13.8 Å². The molecular weight excluding hydrogens is 226 g/mol. The number of rotatable bonds is 3. The van der Waals surface area contributed by atoms with Crippen molar-refractivity contribution in [1.29, 1.82) is 0 Å². The summed E-state index contributed by atoms with van der Waals surface area (Å²) in [6.07, 6.45) is 0. The van der Waals surface area contributed by atoms with Gasteiger partial charge in [0.15, 0.2) is 0 Å². The highest BCUT2D eigenvalue weighted by molar-refractivity contribution is 6.07. The van der Waals surface area contributed by atoms with Gasteiger partial charge in [-0.15, -0.1) is 0 Å². The molecule has 0 saturated heterocycles. The first-order chi connectivity index (χ1) is 8.61. The summed E-state index contributed by atoms with van der Waals surface area (Å²) in [5.74, 6) is 0.630. The maximum absolute atomic E-state index is 12.3. The van der Waals surface area contributed by atoms with Gasteiger partial charge in [-0.1, -0.05) is 18.2 Å². The van der Waals surface area contributed by atoms with Gasteiger partial charge < -0.3 is 4.74 Å². The van der Waals surface area contributed by atoms with E-state index in [1.807, 2.05) is 32.0 Å². The molecule has 92 valence electrons. The lowest BCUT2D eigenvalue weighted by molar-refractivity contribution is 0.103. The van der Waals surface area contributed by atoms with Crippen LogP contribution in [-0.2, 0) is 0 Å². The highest BCUT2D eigenvalue weighted by Crippen LogP contribution is 2.20. The average Bonchev–Trinajstić information content (AvgIpc) is 2.38. The van der Waals surface area contributed by atoms with Crippen molar-refractivity contribution in [2.45, 2.75) is 13.8 Å². The van der Waals surface area contributed by atoms with E-state index in [0.717, 1.165) is 11.3 Å².